The number of benzene rings is 1. The lowest BCUT2D eigenvalue weighted by molar-refractivity contribution is -0.129. The van der Waals surface area contributed by atoms with Crippen molar-refractivity contribution in [3.05, 3.63) is 29.8 Å². The van der Waals surface area contributed by atoms with Gasteiger partial charge in [-0.1, -0.05) is 12.1 Å². The van der Waals surface area contributed by atoms with Gasteiger partial charge in [0.05, 0.1) is 26.2 Å². The molecule has 7 nitrogen and oxygen atoms in total. The summed E-state index contributed by atoms with van der Waals surface area (Å²) >= 11 is 0. The Morgan fingerprint density at radius 2 is 2.09 bits per heavy atom. The molecule has 0 saturated carbocycles. The Hall–Kier alpha value is -2.28. The van der Waals surface area contributed by atoms with Gasteiger partial charge in [-0.3, -0.25) is 9.69 Å². The molecule has 3 rings (SSSR count). The minimum atomic E-state index is -0.298. The number of hydrogen-bond donors (Lipinski definition) is 1. The van der Waals surface area contributed by atoms with Crippen molar-refractivity contribution in [2.24, 2.45) is 5.73 Å². The summed E-state index contributed by atoms with van der Waals surface area (Å²) in [6, 6.07) is 7.69. The summed E-state index contributed by atoms with van der Waals surface area (Å²) in [5.41, 5.74) is 6.52. The lowest BCUT2D eigenvalue weighted by Crippen LogP contribution is -2.41. The van der Waals surface area contributed by atoms with Crippen LogP contribution in [0.5, 0.6) is 5.75 Å². The molecule has 2 aliphatic rings. The van der Waals surface area contributed by atoms with E-state index in [2.05, 4.69) is 0 Å². The quantitative estimate of drug-likeness (QED) is 0.839. The second-order valence-corrected chi connectivity index (χ2v) is 5.78. The fraction of sp³-hybridized carbons (Fsp3) is 0.500. The number of carbonyl (C=O) groups is 2. The zero-order valence-corrected chi connectivity index (χ0v) is 13.1. The van der Waals surface area contributed by atoms with Gasteiger partial charge in [0, 0.05) is 13.1 Å². The van der Waals surface area contributed by atoms with E-state index in [-0.39, 0.29) is 30.7 Å². The molecule has 2 aliphatic heterocycles. The molecule has 2 atom stereocenters. The van der Waals surface area contributed by atoms with Gasteiger partial charge < -0.3 is 20.1 Å². The Kier molecular flexibility index (Phi) is 4.38. The number of likely N-dealkylation sites (tertiary alicyclic amines) is 1. The van der Waals surface area contributed by atoms with Crippen LogP contribution >= 0.6 is 0 Å². The zero-order valence-electron chi connectivity index (χ0n) is 13.1. The van der Waals surface area contributed by atoms with Crippen molar-refractivity contribution in [1.82, 2.24) is 9.80 Å². The van der Waals surface area contributed by atoms with Gasteiger partial charge >= 0.3 is 6.09 Å². The van der Waals surface area contributed by atoms with Crippen molar-refractivity contribution in [1.29, 1.82) is 0 Å². The first-order chi connectivity index (χ1) is 11.1. The maximum Gasteiger partial charge on any atom is 0.410 e. The van der Waals surface area contributed by atoms with E-state index in [1.54, 1.807) is 16.9 Å². The highest BCUT2D eigenvalue weighted by Gasteiger charge is 2.48. The maximum atomic E-state index is 12.0. The summed E-state index contributed by atoms with van der Waals surface area (Å²) < 4.78 is 10.5. The molecule has 0 bridgehead atoms. The van der Waals surface area contributed by atoms with Crippen LogP contribution in [0.1, 0.15) is 5.56 Å². The smallest absolute Gasteiger partial charge is 0.410 e. The molecular weight excluding hydrogens is 298 g/mol. The molecule has 0 unspecified atom stereocenters. The van der Waals surface area contributed by atoms with Gasteiger partial charge in [-0.15, -0.1) is 0 Å². The van der Waals surface area contributed by atoms with E-state index in [4.69, 9.17) is 15.2 Å². The molecule has 0 aromatic heterocycles. The summed E-state index contributed by atoms with van der Waals surface area (Å²) in [6.07, 6.45) is 0.190. The summed E-state index contributed by atoms with van der Waals surface area (Å²) in [7, 11) is 1.63. The van der Waals surface area contributed by atoms with Crippen molar-refractivity contribution in [3.63, 3.8) is 0 Å². The Labute approximate surface area is 134 Å². The molecule has 23 heavy (non-hydrogen) atoms. The van der Waals surface area contributed by atoms with E-state index < -0.39 is 0 Å². The third kappa shape index (κ3) is 3.10. The van der Waals surface area contributed by atoms with Crippen LogP contribution in [-0.2, 0) is 16.0 Å². The van der Waals surface area contributed by atoms with Gasteiger partial charge in [0.25, 0.3) is 0 Å². The first-order valence-electron chi connectivity index (χ1n) is 7.70. The SMILES string of the molecule is COc1ccc(CCN2C(=O)O[C@H]3CN(C(=O)CN)C[C@H]32)cc1. The molecule has 2 N–H and O–H groups in total. The Morgan fingerprint density at radius 3 is 2.74 bits per heavy atom. The minimum absolute atomic E-state index is 0.0146. The lowest BCUT2D eigenvalue weighted by Gasteiger charge is -2.22. The molecule has 2 heterocycles. The second kappa shape index (κ2) is 6.45. The van der Waals surface area contributed by atoms with E-state index in [1.165, 1.54) is 0 Å². The molecule has 1 aromatic rings. The van der Waals surface area contributed by atoms with Crippen LogP contribution in [0.25, 0.3) is 0 Å². The Bertz CT molecular complexity index is 589. The van der Waals surface area contributed by atoms with Gasteiger partial charge in [-0.05, 0) is 24.1 Å². The van der Waals surface area contributed by atoms with Gasteiger partial charge in [-0.2, -0.15) is 0 Å². The molecule has 2 saturated heterocycles. The van der Waals surface area contributed by atoms with Crippen LogP contribution in [0.15, 0.2) is 24.3 Å². The molecule has 7 heteroatoms. The number of ether oxygens (including phenoxy) is 2. The van der Waals surface area contributed by atoms with Crippen molar-refractivity contribution in [3.8, 4) is 5.75 Å². The lowest BCUT2D eigenvalue weighted by atomic mass is 10.1. The topological polar surface area (TPSA) is 85.1 Å². The summed E-state index contributed by atoms with van der Waals surface area (Å²) in [5.74, 6) is 0.701. The summed E-state index contributed by atoms with van der Waals surface area (Å²) in [5, 5.41) is 0. The highest BCUT2D eigenvalue weighted by atomic mass is 16.6. The first kappa shape index (κ1) is 15.6. The van der Waals surface area contributed by atoms with Gasteiger partial charge in [0.15, 0.2) is 0 Å². The predicted molar refractivity (Wildman–Crippen MR) is 83.1 cm³/mol. The average Bonchev–Trinajstić information content (AvgIpc) is 3.10. The van der Waals surface area contributed by atoms with E-state index in [9.17, 15) is 9.59 Å². The van der Waals surface area contributed by atoms with Crippen molar-refractivity contribution >= 4 is 12.0 Å². The molecule has 2 fully saturated rings. The molecule has 0 aliphatic carbocycles. The number of nitrogens with zero attached hydrogens (tertiary/aromatic N) is 2. The van der Waals surface area contributed by atoms with Crippen LogP contribution in [0.3, 0.4) is 0 Å². The van der Waals surface area contributed by atoms with Crippen LogP contribution < -0.4 is 10.5 Å². The first-order valence-corrected chi connectivity index (χ1v) is 7.70. The molecule has 0 spiro atoms. The Morgan fingerprint density at radius 1 is 1.35 bits per heavy atom. The van der Waals surface area contributed by atoms with Crippen LogP contribution in [0.4, 0.5) is 4.79 Å². The van der Waals surface area contributed by atoms with E-state index in [0.29, 0.717) is 19.6 Å². The monoisotopic (exact) mass is 319 g/mol. The maximum absolute atomic E-state index is 12.0. The van der Waals surface area contributed by atoms with E-state index in [0.717, 1.165) is 17.7 Å². The number of methoxy groups -OCH3 is 1. The summed E-state index contributed by atoms with van der Waals surface area (Å²) in [4.78, 5) is 27.1. The second-order valence-electron chi connectivity index (χ2n) is 5.78. The normalized spacial score (nSPS) is 23.0. The van der Waals surface area contributed by atoms with Gasteiger partial charge in [-0.25, -0.2) is 4.79 Å². The highest BCUT2D eigenvalue weighted by molar-refractivity contribution is 5.79. The predicted octanol–water partition coefficient (Wildman–Crippen LogP) is 0.228. The number of amides is 2. The minimum Gasteiger partial charge on any atom is -0.497 e. The molecule has 1 aromatic carbocycles. The number of hydrogen-bond acceptors (Lipinski definition) is 5. The van der Waals surface area contributed by atoms with E-state index >= 15 is 0 Å². The molecule has 0 radical (unpaired) electrons. The molecule has 2 amide bonds. The molecule has 124 valence electrons. The standard InChI is InChI=1S/C16H21N3O4/c1-22-12-4-2-11(3-5-12)6-7-19-13-9-18(15(20)8-17)10-14(13)23-16(19)21/h2-5,13-14H,6-10,17H2,1H3/t13-,14+/m1/s1. The molecular formula is C16H21N3O4. The van der Waals surface area contributed by atoms with Crippen LogP contribution in [0.2, 0.25) is 0 Å². The number of nitrogens with two attached hydrogens (primary N) is 1. The Balaban J connectivity index is 1.60. The third-order valence-electron chi connectivity index (χ3n) is 4.45. The van der Waals surface area contributed by atoms with Gasteiger partial charge in [0.2, 0.25) is 5.91 Å². The van der Waals surface area contributed by atoms with Crippen molar-refractivity contribution in [2.75, 3.05) is 33.3 Å². The van der Waals surface area contributed by atoms with Crippen molar-refractivity contribution in [2.45, 2.75) is 18.6 Å². The summed E-state index contributed by atoms with van der Waals surface area (Å²) in [6.45, 7) is 1.48. The number of carbonyl (C=O) groups excluding carboxylic acids is 2. The highest BCUT2D eigenvalue weighted by Crippen LogP contribution is 2.27. The van der Waals surface area contributed by atoms with Crippen LogP contribution in [-0.4, -0.2) is 67.2 Å². The van der Waals surface area contributed by atoms with Crippen LogP contribution in [0, 0.1) is 0 Å². The average molecular weight is 319 g/mol. The number of fused-ring (bicyclic) bond motifs is 1. The largest absolute Gasteiger partial charge is 0.497 e. The zero-order chi connectivity index (χ0) is 16.4. The fourth-order valence-corrected chi connectivity index (χ4v) is 3.14. The third-order valence-corrected chi connectivity index (χ3v) is 4.45. The fourth-order valence-electron chi connectivity index (χ4n) is 3.14. The number of rotatable bonds is 5. The van der Waals surface area contributed by atoms with Crippen molar-refractivity contribution < 1.29 is 19.1 Å². The van der Waals surface area contributed by atoms with E-state index in [1.807, 2.05) is 24.3 Å². The van der Waals surface area contributed by atoms with Gasteiger partial charge in [0.1, 0.15) is 11.9 Å².